The quantitative estimate of drug-likeness (QED) is 0.682. The summed E-state index contributed by atoms with van der Waals surface area (Å²) < 4.78 is 12.4. The number of hydrogen-bond donors (Lipinski definition) is 2. The van der Waals surface area contributed by atoms with E-state index in [0.29, 0.717) is 23.0 Å². The molecule has 0 unspecified atom stereocenters. The Bertz CT molecular complexity index is 1010. The highest BCUT2D eigenvalue weighted by molar-refractivity contribution is 6.03. The number of benzene rings is 1. The van der Waals surface area contributed by atoms with Crippen LogP contribution >= 0.6 is 0 Å². The van der Waals surface area contributed by atoms with Gasteiger partial charge in [0, 0.05) is 30.8 Å². The fourth-order valence-electron chi connectivity index (χ4n) is 2.89. The lowest BCUT2D eigenvalue weighted by molar-refractivity contribution is -0.117. The molecule has 0 aliphatic heterocycles. The topological polar surface area (TPSA) is 94.5 Å². The molecule has 2 heterocycles. The molecule has 2 N–H and O–H groups in total. The predicted octanol–water partition coefficient (Wildman–Crippen LogP) is 2.35. The molecule has 8 nitrogen and oxygen atoms in total. The standard InChI is InChI=1S/C20H22N4O4/c1-12(19(25)23-18-7-5-6-8-21-18)22-20(26)16-11-14-15(24(16)2)9-13(27-3)10-17(14)28-4/h5-12H,1-4H3,(H,22,26)(H,21,23,25)/t12-/m0/s1. The van der Waals surface area contributed by atoms with Gasteiger partial charge in [-0.1, -0.05) is 6.07 Å². The number of nitrogens with one attached hydrogen (secondary N) is 2. The molecule has 8 heteroatoms. The van der Waals surface area contributed by atoms with Crippen molar-refractivity contribution in [1.82, 2.24) is 14.9 Å². The number of aromatic nitrogens is 2. The van der Waals surface area contributed by atoms with Crippen LogP contribution in [-0.2, 0) is 11.8 Å². The maximum absolute atomic E-state index is 12.8. The van der Waals surface area contributed by atoms with Gasteiger partial charge in [0.05, 0.1) is 19.7 Å². The molecule has 146 valence electrons. The molecule has 2 aromatic heterocycles. The van der Waals surface area contributed by atoms with Crippen LogP contribution in [0, 0.1) is 0 Å². The number of amides is 2. The number of anilines is 1. The second-order valence-corrected chi connectivity index (χ2v) is 6.25. The van der Waals surface area contributed by atoms with Gasteiger partial charge in [0.1, 0.15) is 29.1 Å². The zero-order chi connectivity index (χ0) is 20.3. The molecule has 0 saturated heterocycles. The Hall–Kier alpha value is -3.55. The van der Waals surface area contributed by atoms with Crippen LogP contribution in [0.1, 0.15) is 17.4 Å². The number of carbonyl (C=O) groups is 2. The number of rotatable bonds is 6. The molecule has 1 aromatic carbocycles. The number of aryl methyl sites for hydroxylation is 1. The van der Waals surface area contributed by atoms with Crippen molar-refractivity contribution < 1.29 is 19.1 Å². The largest absolute Gasteiger partial charge is 0.497 e. The Labute approximate surface area is 162 Å². The molecule has 0 aliphatic carbocycles. The molecule has 1 atom stereocenters. The van der Waals surface area contributed by atoms with Crippen molar-refractivity contribution in [2.24, 2.45) is 7.05 Å². The van der Waals surface area contributed by atoms with E-state index in [9.17, 15) is 9.59 Å². The number of fused-ring (bicyclic) bond motifs is 1. The average molecular weight is 382 g/mol. The number of hydrogen-bond acceptors (Lipinski definition) is 5. The van der Waals surface area contributed by atoms with Crippen LogP contribution in [0.2, 0.25) is 0 Å². The third-order valence-electron chi connectivity index (χ3n) is 4.44. The molecule has 2 amide bonds. The fourth-order valence-corrected chi connectivity index (χ4v) is 2.89. The third kappa shape index (κ3) is 3.75. The summed E-state index contributed by atoms with van der Waals surface area (Å²) in [6.45, 7) is 1.61. The van der Waals surface area contributed by atoms with Gasteiger partial charge in [0.25, 0.3) is 5.91 Å². The first kappa shape index (κ1) is 19.2. The molecule has 3 rings (SSSR count). The number of nitrogens with zero attached hydrogens (tertiary/aromatic N) is 2. The van der Waals surface area contributed by atoms with Gasteiger partial charge in [0.15, 0.2) is 0 Å². The van der Waals surface area contributed by atoms with Crippen LogP contribution < -0.4 is 20.1 Å². The average Bonchev–Trinajstić information content (AvgIpc) is 3.04. The molecule has 0 aliphatic rings. The van der Waals surface area contributed by atoms with Gasteiger partial charge in [-0.3, -0.25) is 9.59 Å². The first-order valence-corrected chi connectivity index (χ1v) is 8.68. The SMILES string of the molecule is COc1cc(OC)c2cc(C(=O)N[C@@H](C)C(=O)Nc3ccccn3)n(C)c2c1. The zero-order valence-corrected chi connectivity index (χ0v) is 16.1. The van der Waals surface area contributed by atoms with Crippen LogP contribution in [-0.4, -0.2) is 41.6 Å². The molecular formula is C20H22N4O4. The van der Waals surface area contributed by atoms with Gasteiger partial charge in [-0.25, -0.2) is 4.98 Å². The molecular weight excluding hydrogens is 360 g/mol. The predicted molar refractivity (Wildman–Crippen MR) is 106 cm³/mol. The number of carbonyl (C=O) groups excluding carboxylic acids is 2. The number of methoxy groups -OCH3 is 2. The van der Waals surface area contributed by atoms with E-state index >= 15 is 0 Å². The minimum absolute atomic E-state index is 0.356. The summed E-state index contributed by atoms with van der Waals surface area (Å²) >= 11 is 0. The van der Waals surface area contributed by atoms with Gasteiger partial charge in [-0.15, -0.1) is 0 Å². The zero-order valence-electron chi connectivity index (χ0n) is 16.1. The van der Waals surface area contributed by atoms with Crippen LogP contribution in [0.15, 0.2) is 42.6 Å². The van der Waals surface area contributed by atoms with Crippen molar-refractivity contribution in [3.8, 4) is 11.5 Å². The summed E-state index contributed by atoms with van der Waals surface area (Å²) in [5.41, 5.74) is 1.19. The lowest BCUT2D eigenvalue weighted by atomic mass is 10.2. The van der Waals surface area contributed by atoms with E-state index < -0.39 is 6.04 Å². The van der Waals surface area contributed by atoms with E-state index in [1.807, 2.05) is 6.07 Å². The normalized spacial score (nSPS) is 11.7. The molecule has 0 fully saturated rings. The molecule has 0 saturated carbocycles. The van der Waals surface area contributed by atoms with Crippen LogP contribution in [0.3, 0.4) is 0 Å². The van der Waals surface area contributed by atoms with Gasteiger partial charge in [0.2, 0.25) is 5.91 Å². The van der Waals surface area contributed by atoms with Crippen molar-refractivity contribution in [2.75, 3.05) is 19.5 Å². The highest BCUT2D eigenvalue weighted by atomic mass is 16.5. The van der Waals surface area contributed by atoms with Crippen LogP contribution in [0.4, 0.5) is 5.82 Å². The molecule has 0 bridgehead atoms. The molecule has 0 spiro atoms. The van der Waals surface area contributed by atoms with E-state index in [1.165, 1.54) is 0 Å². The smallest absolute Gasteiger partial charge is 0.268 e. The summed E-state index contributed by atoms with van der Waals surface area (Å²) in [5.74, 6) is 0.925. The second-order valence-electron chi connectivity index (χ2n) is 6.25. The van der Waals surface area contributed by atoms with Crippen molar-refractivity contribution in [1.29, 1.82) is 0 Å². The van der Waals surface area contributed by atoms with Crippen molar-refractivity contribution in [3.05, 3.63) is 48.3 Å². The van der Waals surface area contributed by atoms with Crippen LogP contribution in [0.25, 0.3) is 10.9 Å². The monoisotopic (exact) mass is 382 g/mol. The minimum Gasteiger partial charge on any atom is -0.497 e. The minimum atomic E-state index is -0.746. The Morgan fingerprint density at radius 2 is 1.93 bits per heavy atom. The second kappa shape index (κ2) is 7.99. The lowest BCUT2D eigenvalue weighted by Gasteiger charge is -2.14. The summed E-state index contributed by atoms with van der Waals surface area (Å²) in [7, 11) is 4.90. The Morgan fingerprint density at radius 1 is 1.14 bits per heavy atom. The molecule has 28 heavy (non-hydrogen) atoms. The number of ether oxygens (including phenoxy) is 2. The molecule has 0 radical (unpaired) electrons. The van der Waals surface area contributed by atoms with E-state index in [2.05, 4.69) is 15.6 Å². The van der Waals surface area contributed by atoms with E-state index in [4.69, 9.17) is 9.47 Å². The van der Waals surface area contributed by atoms with Gasteiger partial charge in [-0.2, -0.15) is 0 Å². The van der Waals surface area contributed by atoms with Crippen molar-refractivity contribution in [3.63, 3.8) is 0 Å². The summed E-state index contributed by atoms with van der Waals surface area (Å²) in [6.07, 6.45) is 1.58. The maximum atomic E-state index is 12.8. The van der Waals surface area contributed by atoms with Gasteiger partial charge in [-0.05, 0) is 25.1 Å². The van der Waals surface area contributed by atoms with E-state index in [0.717, 1.165) is 10.9 Å². The fraction of sp³-hybridized carbons (Fsp3) is 0.250. The van der Waals surface area contributed by atoms with E-state index in [-0.39, 0.29) is 11.8 Å². The maximum Gasteiger partial charge on any atom is 0.268 e. The van der Waals surface area contributed by atoms with E-state index in [1.54, 1.807) is 69.3 Å². The first-order chi connectivity index (χ1) is 13.4. The summed E-state index contributed by atoms with van der Waals surface area (Å²) in [5, 5.41) is 6.16. The Morgan fingerprint density at radius 3 is 2.57 bits per heavy atom. The first-order valence-electron chi connectivity index (χ1n) is 8.68. The van der Waals surface area contributed by atoms with Gasteiger partial charge >= 0.3 is 0 Å². The van der Waals surface area contributed by atoms with Crippen molar-refractivity contribution >= 4 is 28.5 Å². The van der Waals surface area contributed by atoms with Crippen LogP contribution in [0.5, 0.6) is 11.5 Å². The Kier molecular flexibility index (Phi) is 5.49. The number of pyridine rings is 1. The summed E-state index contributed by atoms with van der Waals surface area (Å²) in [4.78, 5) is 29.1. The Balaban J connectivity index is 1.81. The summed E-state index contributed by atoms with van der Waals surface area (Å²) in [6, 6.07) is 9.76. The lowest BCUT2D eigenvalue weighted by Crippen LogP contribution is -2.42. The molecule has 3 aromatic rings. The highest BCUT2D eigenvalue weighted by Crippen LogP contribution is 2.33. The van der Waals surface area contributed by atoms with Gasteiger partial charge < -0.3 is 24.7 Å². The third-order valence-corrected chi connectivity index (χ3v) is 4.44. The van der Waals surface area contributed by atoms with Crippen molar-refractivity contribution in [2.45, 2.75) is 13.0 Å². The highest BCUT2D eigenvalue weighted by Gasteiger charge is 2.21.